The first-order valence-corrected chi connectivity index (χ1v) is 6.28. The Hall–Kier alpha value is -2.36. The van der Waals surface area contributed by atoms with Crippen molar-refractivity contribution in [2.24, 2.45) is 0 Å². The van der Waals surface area contributed by atoms with Crippen LogP contribution in [0.4, 0.5) is 4.39 Å². The lowest BCUT2D eigenvalue weighted by Gasteiger charge is -2.07. The summed E-state index contributed by atoms with van der Waals surface area (Å²) in [5, 5.41) is 0. The van der Waals surface area contributed by atoms with Gasteiger partial charge in [0.2, 0.25) is 0 Å². The molecule has 2 aromatic carbocycles. The van der Waals surface area contributed by atoms with Gasteiger partial charge in [0.1, 0.15) is 5.75 Å². The highest BCUT2D eigenvalue weighted by Gasteiger charge is 2.09. The molecule has 0 aromatic heterocycles. The van der Waals surface area contributed by atoms with E-state index in [4.69, 9.17) is 9.47 Å². The molecule has 104 valence electrons. The largest absolute Gasteiger partial charge is 0.497 e. The Morgan fingerprint density at radius 2 is 1.75 bits per heavy atom. The molecular weight excluding hydrogens is 259 g/mol. The van der Waals surface area contributed by atoms with Gasteiger partial charge >= 0.3 is 5.97 Å². The van der Waals surface area contributed by atoms with Crippen LogP contribution in [0.1, 0.15) is 13.3 Å². The molecule has 4 heteroatoms. The summed E-state index contributed by atoms with van der Waals surface area (Å²) in [6.45, 7) is 1.66. The maximum absolute atomic E-state index is 13.9. The molecule has 0 unspecified atom stereocenters. The van der Waals surface area contributed by atoms with Crippen LogP contribution in [0.25, 0.3) is 11.1 Å². The van der Waals surface area contributed by atoms with Crippen LogP contribution in [-0.2, 0) is 4.79 Å². The zero-order chi connectivity index (χ0) is 14.5. The predicted octanol–water partition coefficient (Wildman–Crippen LogP) is 3.82. The number of halogens is 1. The van der Waals surface area contributed by atoms with Crippen molar-refractivity contribution in [2.75, 3.05) is 7.11 Å². The Morgan fingerprint density at radius 1 is 1.10 bits per heavy atom. The summed E-state index contributed by atoms with van der Waals surface area (Å²) in [5.74, 6) is -0.321. The lowest BCUT2D eigenvalue weighted by molar-refractivity contribution is -0.134. The second kappa shape index (κ2) is 6.19. The highest BCUT2D eigenvalue weighted by atomic mass is 19.1. The molecule has 0 aliphatic heterocycles. The Morgan fingerprint density at radius 3 is 2.30 bits per heavy atom. The molecule has 0 heterocycles. The molecule has 0 radical (unpaired) electrons. The van der Waals surface area contributed by atoms with Crippen LogP contribution >= 0.6 is 0 Å². The molecule has 2 aromatic rings. The zero-order valence-corrected chi connectivity index (χ0v) is 11.4. The summed E-state index contributed by atoms with van der Waals surface area (Å²) >= 11 is 0. The van der Waals surface area contributed by atoms with Crippen molar-refractivity contribution < 1.29 is 18.7 Å². The number of ether oxygens (including phenoxy) is 2. The van der Waals surface area contributed by atoms with Gasteiger partial charge in [0.25, 0.3) is 0 Å². The second-order valence-electron chi connectivity index (χ2n) is 4.20. The Bertz CT molecular complexity index is 606. The number of hydrogen-bond donors (Lipinski definition) is 0. The first kappa shape index (κ1) is 14.1. The summed E-state index contributed by atoms with van der Waals surface area (Å²) in [5.41, 5.74) is 1.57. The maximum atomic E-state index is 13.9. The van der Waals surface area contributed by atoms with Gasteiger partial charge in [-0.1, -0.05) is 25.1 Å². The molecule has 3 nitrogen and oxygen atoms in total. The fourth-order valence-electron chi connectivity index (χ4n) is 1.74. The van der Waals surface area contributed by atoms with Crippen LogP contribution in [0.2, 0.25) is 0 Å². The first-order chi connectivity index (χ1) is 9.63. The minimum Gasteiger partial charge on any atom is -0.497 e. The summed E-state index contributed by atoms with van der Waals surface area (Å²) < 4.78 is 23.8. The molecule has 0 saturated heterocycles. The monoisotopic (exact) mass is 274 g/mol. The van der Waals surface area contributed by atoms with Crippen LogP contribution in [-0.4, -0.2) is 13.1 Å². The third-order valence-electron chi connectivity index (χ3n) is 2.87. The number of rotatable bonds is 4. The smallest absolute Gasteiger partial charge is 0.310 e. The molecule has 0 atom stereocenters. The molecule has 0 aliphatic carbocycles. The lowest BCUT2D eigenvalue weighted by atomic mass is 10.1. The van der Waals surface area contributed by atoms with Gasteiger partial charge in [0.05, 0.1) is 7.11 Å². The maximum Gasteiger partial charge on any atom is 0.310 e. The number of carbonyl (C=O) groups excluding carboxylic acids is 1. The molecule has 0 aliphatic rings. The van der Waals surface area contributed by atoms with E-state index in [0.717, 1.165) is 11.3 Å². The SMILES string of the molecule is CCC(=O)Oc1ccc(-c2ccc(OC)cc2)cc1F. The van der Waals surface area contributed by atoms with Crippen LogP contribution in [0.5, 0.6) is 11.5 Å². The summed E-state index contributed by atoms with van der Waals surface area (Å²) in [6.07, 6.45) is 0.208. The molecule has 0 spiro atoms. The molecule has 0 amide bonds. The number of methoxy groups -OCH3 is 1. The number of benzene rings is 2. The Kier molecular flexibility index (Phi) is 4.35. The first-order valence-electron chi connectivity index (χ1n) is 6.28. The van der Waals surface area contributed by atoms with Crippen molar-refractivity contribution in [3.63, 3.8) is 0 Å². The highest BCUT2D eigenvalue weighted by Crippen LogP contribution is 2.27. The second-order valence-corrected chi connectivity index (χ2v) is 4.20. The summed E-state index contributed by atoms with van der Waals surface area (Å²) in [7, 11) is 1.59. The van der Waals surface area contributed by atoms with Crippen LogP contribution in [0, 0.1) is 5.82 Å². The molecule has 20 heavy (non-hydrogen) atoms. The molecule has 0 N–H and O–H groups in total. The van der Waals surface area contributed by atoms with E-state index in [1.807, 2.05) is 12.1 Å². The van der Waals surface area contributed by atoms with Gasteiger partial charge in [-0.05, 0) is 35.4 Å². The number of carbonyl (C=O) groups is 1. The van der Waals surface area contributed by atoms with Crippen molar-refractivity contribution in [3.8, 4) is 22.6 Å². The van der Waals surface area contributed by atoms with Crippen molar-refractivity contribution in [3.05, 3.63) is 48.3 Å². The zero-order valence-electron chi connectivity index (χ0n) is 11.4. The van der Waals surface area contributed by atoms with Gasteiger partial charge in [-0.25, -0.2) is 4.39 Å². The van der Waals surface area contributed by atoms with E-state index in [1.54, 1.807) is 32.2 Å². The van der Waals surface area contributed by atoms with Gasteiger partial charge in [0.15, 0.2) is 11.6 Å². The number of hydrogen-bond acceptors (Lipinski definition) is 3. The van der Waals surface area contributed by atoms with Gasteiger partial charge in [0, 0.05) is 6.42 Å². The van der Waals surface area contributed by atoms with Gasteiger partial charge < -0.3 is 9.47 Å². The summed E-state index contributed by atoms with van der Waals surface area (Å²) in [4.78, 5) is 11.2. The van der Waals surface area contributed by atoms with E-state index < -0.39 is 11.8 Å². The number of esters is 1. The fourth-order valence-corrected chi connectivity index (χ4v) is 1.74. The minimum atomic E-state index is -0.555. The minimum absolute atomic E-state index is 0.0471. The van der Waals surface area contributed by atoms with Crippen LogP contribution in [0.15, 0.2) is 42.5 Å². The highest BCUT2D eigenvalue weighted by molar-refractivity contribution is 5.72. The average molecular weight is 274 g/mol. The molecular formula is C16H15FO3. The predicted molar refractivity (Wildman–Crippen MR) is 74.3 cm³/mol. The third kappa shape index (κ3) is 3.15. The fraction of sp³-hybridized carbons (Fsp3) is 0.188. The topological polar surface area (TPSA) is 35.5 Å². The van der Waals surface area contributed by atoms with Gasteiger partial charge in [-0.15, -0.1) is 0 Å². The van der Waals surface area contributed by atoms with Crippen LogP contribution in [0.3, 0.4) is 0 Å². The van der Waals surface area contributed by atoms with Crippen LogP contribution < -0.4 is 9.47 Å². The van der Waals surface area contributed by atoms with E-state index in [2.05, 4.69) is 0 Å². The van der Waals surface area contributed by atoms with Gasteiger partial charge in [-0.2, -0.15) is 0 Å². The quantitative estimate of drug-likeness (QED) is 0.628. The lowest BCUT2D eigenvalue weighted by Crippen LogP contribution is -2.06. The van der Waals surface area contributed by atoms with E-state index in [-0.39, 0.29) is 12.2 Å². The summed E-state index contributed by atoms with van der Waals surface area (Å²) in [6, 6.07) is 11.8. The average Bonchev–Trinajstić information content (AvgIpc) is 2.49. The van der Waals surface area contributed by atoms with Gasteiger partial charge in [-0.3, -0.25) is 4.79 Å². The molecule has 0 saturated carbocycles. The van der Waals surface area contributed by atoms with E-state index in [0.29, 0.717) is 5.56 Å². The molecule has 0 fully saturated rings. The Balaban J connectivity index is 2.25. The van der Waals surface area contributed by atoms with E-state index in [9.17, 15) is 9.18 Å². The van der Waals surface area contributed by atoms with E-state index in [1.165, 1.54) is 12.1 Å². The standard InChI is InChI=1S/C16H15FO3/c1-3-16(18)20-15-9-6-12(10-14(15)17)11-4-7-13(19-2)8-5-11/h4-10H,3H2,1-2H3. The normalized spacial score (nSPS) is 10.2. The van der Waals surface area contributed by atoms with Crippen molar-refractivity contribution in [1.29, 1.82) is 0 Å². The third-order valence-corrected chi connectivity index (χ3v) is 2.87. The molecule has 2 rings (SSSR count). The van der Waals surface area contributed by atoms with Crippen molar-refractivity contribution in [1.82, 2.24) is 0 Å². The molecule has 0 bridgehead atoms. The van der Waals surface area contributed by atoms with Crippen molar-refractivity contribution >= 4 is 5.97 Å². The Labute approximate surface area is 117 Å². The van der Waals surface area contributed by atoms with E-state index >= 15 is 0 Å². The van der Waals surface area contributed by atoms with Crippen molar-refractivity contribution in [2.45, 2.75) is 13.3 Å².